The Kier molecular flexibility index (Phi) is 3.03. The monoisotopic (exact) mass is 202 g/mol. The van der Waals surface area contributed by atoms with Crippen LogP contribution >= 0.6 is 0 Å². The van der Waals surface area contributed by atoms with Crippen molar-refractivity contribution in [2.75, 3.05) is 0 Å². The Morgan fingerprint density at radius 3 is 2.23 bits per heavy atom. The molecular weight excluding hydrogens is 191 g/mol. The molecule has 1 unspecified atom stereocenters. The summed E-state index contributed by atoms with van der Waals surface area (Å²) in [5.74, 6) is 0. The van der Waals surface area contributed by atoms with Crippen LogP contribution in [-0.4, -0.2) is 8.42 Å². The lowest BCUT2D eigenvalue weighted by molar-refractivity contribution is 0.533. The first kappa shape index (κ1) is 10.2. The standard InChI is InChI=1S/C9H11FO2S/c1-2-9(13(10,11)12)8-6-4-3-5-7-8/h3-7,9H,2H2,1H3. The van der Waals surface area contributed by atoms with Crippen LogP contribution in [0.1, 0.15) is 24.2 Å². The van der Waals surface area contributed by atoms with Gasteiger partial charge in [-0.1, -0.05) is 37.3 Å². The average molecular weight is 202 g/mol. The molecular formula is C9H11FO2S. The van der Waals surface area contributed by atoms with Gasteiger partial charge in [-0.05, 0) is 12.0 Å². The molecule has 1 aromatic rings. The van der Waals surface area contributed by atoms with Crippen molar-refractivity contribution >= 4 is 10.2 Å². The SMILES string of the molecule is CCC(c1ccccc1)S(=O)(=O)F. The fourth-order valence-electron chi connectivity index (χ4n) is 1.27. The van der Waals surface area contributed by atoms with Gasteiger partial charge in [0.15, 0.2) is 0 Å². The van der Waals surface area contributed by atoms with E-state index < -0.39 is 15.5 Å². The van der Waals surface area contributed by atoms with Crippen molar-refractivity contribution in [2.24, 2.45) is 0 Å². The number of hydrogen-bond acceptors (Lipinski definition) is 2. The number of benzene rings is 1. The van der Waals surface area contributed by atoms with Gasteiger partial charge in [-0.3, -0.25) is 0 Å². The summed E-state index contributed by atoms with van der Waals surface area (Å²) in [6.07, 6.45) is 0.253. The van der Waals surface area contributed by atoms with E-state index in [4.69, 9.17) is 0 Å². The van der Waals surface area contributed by atoms with E-state index in [-0.39, 0.29) is 6.42 Å². The Bertz CT molecular complexity index is 358. The second-order valence-electron chi connectivity index (χ2n) is 2.78. The van der Waals surface area contributed by atoms with Gasteiger partial charge in [0.1, 0.15) is 5.25 Å². The summed E-state index contributed by atoms with van der Waals surface area (Å²) >= 11 is 0. The smallest absolute Gasteiger partial charge is 0.194 e. The van der Waals surface area contributed by atoms with E-state index in [0.717, 1.165) is 0 Å². The first-order chi connectivity index (χ1) is 6.05. The molecule has 0 saturated carbocycles. The van der Waals surface area contributed by atoms with Crippen molar-refractivity contribution in [1.29, 1.82) is 0 Å². The Hall–Kier alpha value is -0.900. The van der Waals surface area contributed by atoms with Crippen LogP contribution in [0.3, 0.4) is 0 Å². The summed E-state index contributed by atoms with van der Waals surface area (Å²) in [6, 6.07) is 8.39. The summed E-state index contributed by atoms with van der Waals surface area (Å²) in [4.78, 5) is 0. The first-order valence-electron chi connectivity index (χ1n) is 4.04. The normalized spacial score (nSPS) is 14.0. The van der Waals surface area contributed by atoms with Crippen LogP contribution in [0.2, 0.25) is 0 Å². The van der Waals surface area contributed by atoms with Crippen LogP contribution in [0, 0.1) is 0 Å². The highest BCUT2D eigenvalue weighted by Crippen LogP contribution is 2.26. The highest BCUT2D eigenvalue weighted by molar-refractivity contribution is 7.86. The highest BCUT2D eigenvalue weighted by Gasteiger charge is 2.24. The topological polar surface area (TPSA) is 34.1 Å². The molecule has 0 aliphatic rings. The van der Waals surface area contributed by atoms with Gasteiger partial charge in [-0.25, -0.2) is 0 Å². The summed E-state index contributed by atoms with van der Waals surface area (Å²) in [5.41, 5.74) is 0.507. The van der Waals surface area contributed by atoms with Crippen molar-refractivity contribution in [3.63, 3.8) is 0 Å². The van der Waals surface area contributed by atoms with Gasteiger partial charge >= 0.3 is 10.2 Å². The second-order valence-corrected chi connectivity index (χ2v) is 4.30. The van der Waals surface area contributed by atoms with Crippen LogP contribution < -0.4 is 0 Å². The van der Waals surface area contributed by atoms with E-state index in [1.165, 1.54) is 0 Å². The van der Waals surface area contributed by atoms with E-state index in [0.29, 0.717) is 5.56 Å². The van der Waals surface area contributed by atoms with Gasteiger partial charge in [0.2, 0.25) is 0 Å². The van der Waals surface area contributed by atoms with Crippen molar-refractivity contribution in [2.45, 2.75) is 18.6 Å². The fraction of sp³-hybridized carbons (Fsp3) is 0.333. The zero-order chi connectivity index (χ0) is 9.90. The molecule has 4 heteroatoms. The van der Waals surface area contributed by atoms with Gasteiger partial charge in [-0.2, -0.15) is 8.42 Å². The third-order valence-corrected chi connectivity index (χ3v) is 3.17. The zero-order valence-corrected chi connectivity index (χ0v) is 8.09. The zero-order valence-electron chi connectivity index (χ0n) is 7.27. The van der Waals surface area contributed by atoms with E-state index in [9.17, 15) is 12.3 Å². The summed E-state index contributed by atoms with van der Waals surface area (Å²) < 4.78 is 34.1. The molecule has 1 aromatic carbocycles. The average Bonchev–Trinajstić information content (AvgIpc) is 2.05. The van der Waals surface area contributed by atoms with Gasteiger partial charge in [0.05, 0.1) is 0 Å². The molecule has 0 bridgehead atoms. The van der Waals surface area contributed by atoms with Crippen LogP contribution in [0.4, 0.5) is 3.89 Å². The van der Waals surface area contributed by atoms with Crippen molar-refractivity contribution in [3.05, 3.63) is 35.9 Å². The number of rotatable bonds is 3. The maximum atomic E-state index is 12.7. The molecule has 0 radical (unpaired) electrons. The van der Waals surface area contributed by atoms with Crippen molar-refractivity contribution < 1.29 is 12.3 Å². The Morgan fingerprint density at radius 1 is 1.31 bits per heavy atom. The highest BCUT2D eigenvalue weighted by atomic mass is 32.3. The number of halogens is 1. The summed E-state index contributed by atoms with van der Waals surface area (Å²) in [7, 11) is -4.47. The molecule has 0 heterocycles. The molecule has 0 aliphatic carbocycles. The minimum atomic E-state index is -4.47. The first-order valence-corrected chi connectivity index (χ1v) is 5.48. The molecule has 2 nitrogen and oxygen atoms in total. The molecule has 13 heavy (non-hydrogen) atoms. The van der Waals surface area contributed by atoms with Crippen LogP contribution in [-0.2, 0) is 10.2 Å². The van der Waals surface area contributed by atoms with Crippen molar-refractivity contribution in [1.82, 2.24) is 0 Å². The molecule has 72 valence electrons. The fourth-order valence-corrected chi connectivity index (χ4v) is 2.15. The van der Waals surface area contributed by atoms with Crippen LogP contribution in [0.5, 0.6) is 0 Å². The lowest BCUT2D eigenvalue weighted by Crippen LogP contribution is -2.06. The van der Waals surface area contributed by atoms with E-state index in [1.807, 2.05) is 0 Å². The molecule has 0 spiro atoms. The number of hydrogen-bond donors (Lipinski definition) is 0. The lowest BCUT2D eigenvalue weighted by Gasteiger charge is -2.09. The minimum absolute atomic E-state index is 0.253. The van der Waals surface area contributed by atoms with Gasteiger partial charge in [-0.15, -0.1) is 3.89 Å². The van der Waals surface area contributed by atoms with E-state index in [1.54, 1.807) is 37.3 Å². The summed E-state index contributed by atoms with van der Waals surface area (Å²) in [5, 5.41) is -1.02. The van der Waals surface area contributed by atoms with Gasteiger partial charge in [0, 0.05) is 0 Å². The molecule has 0 aromatic heterocycles. The maximum absolute atomic E-state index is 12.7. The molecule has 0 fully saturated rings. The molecule has 0 aliphatic heterocycles. The van der Waals surface area contributed by atoms with Gasteiger partial charge in [0.25, 0.3) is 0 Å². The van der Waals surface area contributed by atoms with Crippen LogP contribution in [0.15, 0.2) is 30.3 Å². The quantitative estimate of drug-likeness (QED) is 0.705. The Balaban J connectivity index is 3.06. The summed E-state index contributed by atoms with van der Waals surface area (Å²) in [6.45, 7) is 1.65. The molecule has 1 atom stereocenters. The third kappa shape index (κ3) is 2.52. The largest absolute Gasteiger partial charge is 0.309 e. The van der Waals surface area contributed by atoms with E-state index in [2.05, 4.69) is 0 Å². The van der Waals surface area contributed by atoms with Gasteiger partial charge < -0.3 is 0 Å². The molecule has 0 N–H and O–H groups in total. The van der Waals surface area contributed by atoms with E-state index >= 15 is 0 Å². The Labute approximate surface area is 77.6 Å². The third-order valence-electron chi connectivity index (χ3n) is 1.88. The minimum Gasteiger partial charge on any atom is -0.194 e. The van der Waals surface area contributed by atoms with Crippen molar-refractivity contribution in [3.8, 4) is 0 Å². The maximum Gasteiger partial charge on any atom is 0.309 e. The molecule has 0 saturated heterocycles. The van der Waals surface area contributed by atoms with Crippen LogP contribution in [0.25, 0.3) is 0 Å². The predicted octanol–water partition coefficient (Wildman–Crippen LogP) is 2.44. The molecule has 1 rings (SSSR count). The molecule has 0 amide bonds. The predicted molar refractivity (Wildman–Crippen MR) is 49.5 cm³/mol. The lowest BCUT2D eigenvalue weighted by atomic mass is 10.1. The Morgan fingerprint density at radius 2 is 1.85 bits per heavy atom. The second kappa shape index (κ2) is 3.87.